The highest BCUT2D eigenvalue weighted by molar-refractivity contribution is 8.68. The van der Waals surface area contributed by atoms with Gasteiger partial charge < -0.3 is 26.0 Å². The lowest BCUT2D eigenvalue weighted by Crippen LogP contribution is -2.52. The maximum absolute atomic E-state index is 12.3. The second-order valence-corrected chi connectivity index (χ2v) is 8.56. The van der Waals surface area contributed by atoms with E-state index in [4.69, 9.17) is 4.74 Å². The van der Waals surface area contributed by atoms with E-state index in [2.05, 4.69) is 39.5 Å². The number of allylic oxidation sites excluding steroid dienone is 1. The molecule has 4 amide bonds. The number of carbonyl (C=O) groups excluding carboxylic acids is 5. The van der Waals surface area contributed by atoms with E-state index in [0.29, 0.717) is 0 Å². The van der Waals surface area contributed by atoms with Crippen LogP contribution in [0.5, 0.6) is 0 Å². The fraction of sp³-hybridized carbons (Fsp3) is 0.609. The number of hydrogen-bond donors (Lipinski definition) is 5. The summed E-state index contributed by atoms with van der Waals surface area (Å²) in [6.07, 6.45) is 3.34. The van der Waals surface area contributed by atoms with Gasteiger partial charge in [0.05, 0.1) is 13.0 Å². The molecule has 0 radical (unpaired) electrons. The third kappa shape index (κ3) is 15.2. The highest BCUT2D eigenvalue weighted by atomic mass is 33.1. The van der Waals surface area contributed by atoms with Crippen LogP contribution in [-0.2, 0) is 28.7 Å². The first-order valence-corrected chi connectivity index (χ1v) is 13.5. The molecule has 12 heteroatoms. The molecule has 0 aromatic heterocycles. The Hall–Kier alpha value is -2.47. The van der Waals surface area contributed by atoms with Crippen LogP contribution in [0.4, 0.5) is 0 Å². The third-order valence-electron chi connectivity index (χ3n) is 4.26. The smallest absolute Gasteiger partial charge is 0.328 e. The van der Waals surface area contributed by atoms with Gasteiger partial charge in [0.1, 0.15) is 24.4 Å². The maximum Gasteiger partial charge on any atom is 0.328 e. The summed E-state index contributed by atoms with van der Waals surface area (Å²) in [7, 11) is 1.48. The number of hydrogen-bond acceptors (Lipinski definition) is 8. The summed E-state index contributed by atoms with van der Waals surface area (Å²) in [4.78, 5) is 60.9. The van der Waals surface area contributed by atoms with E-state index in [9.17, 15) is 24.0 Å². The molecule has 1 aliphatic heterocycles. The molecule has 1 aliphatic rings. The molecule has 0 aromatic carbocycles. The number of ether oxygens (including phenoxy) is 1. The van der Waals surface area contributed by atoms with Crippen LogP contribution in [-0.4, -0.2) is 60.6 Å². The quantitative estimate of drug-likeness (QED) is 0.122. The highest BCUT2D eigenvalue weighted by Crippen LogP contribution is 2.04. The standard InChI is InChI=1S/C18H28N4O6.C3H6S2.C2H6/c1-5-11-16(25)21-12(6-2)18(27)28-8-7-13(23)22-15(10(3)4)17(26)19-9-14(24)20-11;1-2-3-5-4;1-2/h5,10,12,15H,6-9H2,1-4H3,(H,19,26)(H,20,24)(H,21,25)(H,22,23);2,4H,1,3H2;1-2H3/b11-5-;;. The normalized spacial score (nSPS) is 21.1. The summed E-state index contributed by atoms with van der Waals surface area (Å²) >= 11 is 3.85. The van der Waals surface area contributed by atoms with Gasteiger partial charge >= 0.3 is 5.97 Å². The molecule has 1 saturated heterocycles. The van der Waals surface area contributed by atoms with E-state index in [1.54, 1.807) is 27.7 Å². The molecule has 0 spiro atoms. The fourth-order valence-electron chi connectivity index (χ4n) is 2.47. The number of amides is 4. The number of thiol groups is 1. The van der Waals surface area contributed by atoms with Gasteiger partial charge in [-0.1, -0.05) is 57.6 Å². The van der Waals surface area contributed by atoms with Crippen molar-refractivity contribution in [2.24, 2.45) is 5.92 Å². The van der Waals surface area contributed by atoms with Crippen LogP contribution in [0.1, 0.15) is 54.4 Å². The van der Waals surface area contributed by atoms with Crippen molar-refractivity contribution >= 4 is 52.1 Å². The first-order chi connectivity index (χ1) is 16.6. The maximum atomic E-state index is 12.3. The molecule has 200 valence electrons. The van der Waals surface area contributed by atoms with Crippen LogP contribution in [0.25, 0.3) is 0 Å². The molecule has 4 N–H and O–H groups in total. The minimum atomic E-state index is -0.918. The number of esters is 1. The third-order valence-corrected chi connectivity index (χ3v) is 5.09. The van der Waals surface area contributed by atoms with E-state index in [1.165, 1.54) is 16.9 Å². The molecule has 2 unspecified atom stereocenters. The van der Waals surface area contributed by atoms with Gasteiger partial charge in [-0.05, 0) is 19.3 Å². The molecule has 0 bridgehead atoms. The fourth-order valence-corrected chi connectivity index (χ4v) is 2.90. The van der Waals surface area contributed by atoms with Crippen molar-refractivity contribution in [1.29, 1.82) is 0 Å². The minimum absolute atomic E-state index is 0.0497. The van der Waals surface area contributed by atoms with Crippen molar-refractivity contribution in [1.82, 2.24) is 21.3 Å². The van der Waals surface area contributed by atoms with Crippen LogP contribution >= 0.6 is 22.5 Å². The minimum Gasteiger partial charge on any atom is -0.464 e. The van der Waals surface area contributed by atoms with Crippen molar-refractivity contribution < 1.29 is 28.7 Å². The van der Waals surface area contributed by atoms with Gasteiger partial charge in [-0.25, -0.2) is 4.79 Å². The second-order valence-electron chi connectivity index (χ2n) is 7.19. The monoisotopic (exact) mass is 532 g/mol. The van der Waals surface area contributed by atoms with Crippen molar-refractivity contribution in [3.63, 3.8) is 0 Å². The van der Waals surface area contributed by atoms with Gasteiger partial charge in [0, 0.05) is 5.75 Å². The molecule has 10 nitrogen and oxygen atoms in total. The first kappa shape index (κ1) is 34.7. The molecule has 0 aliphatic carbocycles. The predicted molar refractivity (Wildman–Crippen MR) is 142 cm³/mol. The highest BCUT2D eigenvalue weighted by Gasteiger charge is 2.27. The Kier molecular flexibility index (Phi) is 20.7. The van der Waals surface area contributed by atoms with Crippen LogP contribution in [0, 0.1) is 5.92 Å². The van der Waals surface area contributed by atoms with Crippen molar-refractivity contribution in [3.8, 4) is 0 Å². The average Bonchev–Trinajstić information content (AvgIpc) is 2.83. The summed E-state index contributed by atoms with van der Waals surface area (Å²) in [6, 6.07) is -1.77. The van der Waals surface area contributed by atoms with E-state index in [1.807, 2.05) is 19.9 Å². The van der Waals surface area contributed by atoms with Gasteiger partial charge in [-0.15, -0.1) is 18.2 Å². The SMILES string of the molecule is C/C=C1\NC(=O)CNC(=O)C(C(C)C)NC(=O)CCOC(=O)C(CC)NC1=O.C=CCSS.CC. The van der Waals surface area contributed by atoms with Gasteiger partial charge in [-0.3, -0.25) is 19.2 Å². The van der Waals surface area contributed by atoms with Crippen LogP contribution < -0.4 is 21.3 Å². The largest absolute Gasteiger partial charge is 0.464 e. The lowest BCUT2D eigenvalue weighted by molar-refractivity contribution is -0.148. The number of carbonyl (C=O) groups is 5. The molecule has 35 heavy (non-hydrogen) atoms. The number of nitrogens with one attached hydrogen (secondary N) is 4. The second kappa shape index (κ2) is 20.9. The van der Waals surface area contributed by atoms with Crippen molar-refractivity contribution in [2.75, 3.05) is 18.9 Å². The van der Waals surface area contributed by atoms with E-state index >= 15 is 0 Å². The van der Waals surface area contributed by atoms with E-state index in [-0.39, 0.29) is 37.6 Å². The topological polar surface area (TPSA) is 143 Å². The molecule has 1 heterocycles. The summed E-state index contributed by atoms with van der Waals surface area (Å²) in [5, 5.41) is 9.88. The Morgan fingerprint density at radius 1 is 1.14 bits per heavy atom. The average molecular weight is 533 g/mol. The molecule has 1 rings (SSSR count). The van der Waals surface area contributed by atoms with Gasteiger partial charge in [0.2, 0.25) is 17.7 Å². The Balaban J connectivity index is 0. The number of cyclic esters (lactones) is 1. The lowest BCUT2D eigenvalue weighted by Gasteiger charge is -2.22. The van der Waals surface area contributed by atoms with Gasteiger partial charge in [-0.2, -0.15) is 0 Å². The Morgan fingerprint density at radius 3 is 2.23 bits per heavy atom. The van der Waals surface area contributed by atoms with Crippen LogP contribution in [0.15, 0.2) is 24.4 Å². The Bertz CT molecular complexity index is 744. The molecule has 2 atom stereocenters. The van der Waals surface area contributed by atoms with Crippen LogP contribution in [0.3, 0.4) is 0 Å². The lowest BCUT2D eigenvalue weighted by atomic mass is 10.0. The molecular formula is C23H40N4O6S2. The van der Waals surface area contributed by atoms with Crippen molar-refractivity contribution in [2.45, 2.75) is 66.5 Å². The predicted octanol–water partition coefficient (Wildman–Crippen LogP) is 1.88. The summed E-state index contributed by atoms with van der Waals surface area (Å²) in [5.74, 6) is -2.25. The van der Waals surface area contributed by atoms with Gasteiger partial charge in [0.15, 0.2) is 0 Å². The Morgan fingerprint density at radius 2 is 1.77 bits per heavy atom. The zero-order valence-electron chi connectivity index (χ0n) is 21.4. The summed E-state index contributed by atoms with van der Waals surface area (Å²) in [6.45, 7) is 13.7. The first-order valence-electron chi connectivity index (χ1n) is 11.5. The molecular weight excluding hydrogens is 492 g/mol. The molecule has 0 aromatic rings. The van der Waals surface area contributed by atoms with E-state index in [0.717, 1.165) is 5.75 Å². The van der Waals surface area contributed by atoms with Crippen molar-refractivity contribution in [3.05, 3.63) is 24.4 Å². The zero-order valence-corrected chi connectivity index (χ0v) is 23.1. The van der Waals surface area contributed by atoms with Gasteiger partial charge in [0.25, 0.3) is 5.91 Å². The summed E-state index contributed by atoms with van der Waals surface area (Å²) in [5.41, 5.74) is -0.0497. The molecule has 1 fully saturated rings. The zero-order chi connectivity index (χ0) is 27.4. The van der Waals surface area contributed by atoms with E-state index < -0.39 is 41.7 Å². The molecule has 0 saturated carbocycles. The Labute approximate surface area is 217 Å². The number of rotatable bonds is 4. The van der Waals surface area contributed by atoms with Crippen LogP contribution in [0.2, 0.25) is 0 Å². The summed E-state index contributed by atoms with van der Waals surface area (Å²) < 4.78 is 5.06.